The Morgan fingerprint density at radius 1 is 1.24 bits per heavy atom. The van der Waals surface area contributed by atoms with Crippen LogP contribution in [-0.2, 0) is 15.6 Å². The predicted molar refractivity (Wildman–Crippen MR) is 82.3 cm³/mol. The highest BCUT2D eigenvalue weighted by atomic mass is 32.2. The van der Waals surface area contributed by atoms with Gasteiger partial charge in [-0.3, -0.25) is 0 Å². The van der Waals surface area contributed by atoms with Gasteiger partial charge in [0.25, 0.3) is 0 Å². The average Bonchev–Trinajstić information content (AvgIpc) is 2.63. The average molecular weight is 325 g/mol. The van der Waals surface area contributed by atoms with Crippen molar-refractivity contribution in [1.29, 1.82) is 0 Å². The second-order valence-electron chi connectivity index (χ2n) is 6.81. The van der Waals surface area contributed by atoms with Crippen LogP contribution >= 0.6 is 0 Å². The van der Waals surface area contributed by atoms with Gasteiger partial charge in [0.2, 0.25) is 0 Å². The number of ether oxygens (including phenoxy) is 1. The number of aliphatic hydroxyl groups is 5. The van der Waals surface area contributed by atoms with E-state index in [4.69, 9.17) is 4.74 Å². The minimum atomic E-state index is -0.950. The van der Waals surface area contributed by atoms with Crippen molar-refractivity contribution in [1.82, 2.24) is 0 Å². The van der Waals surface area contributed by atoms with Crippen LogP contribution in [0.1, 0.15) is 20.8 Å². The summed E-state index contributed by atoms with van der Waals surface area (Å²) in [6, 6.07) is 0. The van der Waals surface area contributed by atoms with Crippen molar-refractivity contribution >= 4 is 10.9 Å². The molecule has 1 heterocycles. The maximum atomic E-state index is 10.2. The van der Waals surface area contributed by atoms with Crippen molar-refractivity contribution in [2.75, 3.05) is 31.3 Å². The van der Waals surface area contributed by atoms with E-state index in [-0.39, 0.29) is 18.6 Å². The molecule has 0 aromatic carbocycles. The van der Waals surface area contributed by atoms with Gasteiger partial charge in [-0.25, -0.2) is 0 Å². The quantitative estimate of drug-likeness (QED) is 0.364. The first-order valence-electron chi connectivity index (χ1n) is 7.23. The second-order valence-corrected chi connectivity index (χ2v) is 9.16. The molecule has 7 heteroatoms. The first kappa shape index (κ1) is 19.2. The van der Waals surface area contributed by atoms with E-state index in [2.05, 4.69) is 0 Å². The predicted octanol–water partition coefficient (Wildman–Crippen LogP) is -1.51. The summed E-state index contributed by atoms with van der Waals surface area (Å²) in [5.41, 5.74) is -0.0667. The van der Waals surface area contributed by atoms with Crippen molar-refractivity contribution in [3.8, 4) is 0 Å². The van der Waals surface area contributed by atoms with Gasteiger partial charge in [-0.2, -0.15) is 0 Å². The first-order valence-corrected chi connectivity index (χ1v) is 8.86. The highest BCUT2D eigenvalue weighted by molar-refractivity contribution is 7.97. The highest BCUT2D eigenvalue weighted by Gasteiger charge is 2.50. The Kier molecular flexibility index (Phi) is 7.39. The minimum Gasteiger partial charge on any atom is -0.394 e. The molecule has 1 unspecified atom stereocenters. The Labute approximate surface area is 129 Å². The Bertz CT molecular complexity index is 308. The van der Waals surface area contributed by atoms with Gasteiger partial charge in [-0.15, -0.1) is 0 Å². The third-order valence-electron chi connectivity index (χ3n) is 3.49. The van der Waals surface area contributed by atoms with Crippen LogP contribution in [0.2, 0.25) is 0 Å². The molecule has 0 aliphatic carbocycles. The third kappa shape index (κ3) is 5.67. The van der Waals surface area contributed by atoms with E-state index >= 15 is 0 Å². The van der Waals surface area contributed by atoms with Crippen LogP contribution in [0.15, 0.2) is 0 Å². The van der Waals surface area contributed by atoms with Gasteiger partial charge >= 0.3 is 0 Å². The van der Waals surface area contributed by atoms with Gasteiger partial charge in [-0.1, -0.05) is 20.8 Å². The van der Waals surface area contributed by atoms with E-state index in [0.29, 0.717) is 18.1 Å². The number of hydrogen-bond donors (Lipinski definition) is 5. The number of rotatable bonds is 7. The van der Waals surface area contributed by atoms with E-state index in [9.17, 15) is 25.5 Å². The molecule has 6 atom stereocenters. The summed E-state index contributed by atoms with van der Waals surface area (Å²) in [4.78, 5) is 0. The summed E-state index contributed by atoms with van der Waals surface area (Å²) in [5, 5.41) is 47.9. The Hall–Kier alpha value is 0.110. The lowest BCUT2D eigenvalue weighted by Gasteiger charge is -2.26. The van der Waals surface area contributed by atoms with Crippen LogP contribution in [0.5, 0.6) is 0 Å². The molecule has 0 bridgehead atoms. The number of hydrogen-bond acceptors (Lipinski definition) is 6. The van der Waals surface area contributed by atoms with Crippen LogP contribution in [0.4, 0.5) is 0 Å². The highest BCUT2D eigenvalue weighted by Crippen LogP contribution is 2.25. The third-order valence-corrected chi connectivity index (χ3v) is 6.32. The molecular weight excluding hydrogens is 296 g/mol. The Morgan fingerprint density at radius 3 is 2.33 bits per heavy atom. The van der Waals surface area contributed by atoms with Crippen molar-refractivity contribution < 1.29 is 30.3 Å². The van der Waals surface area contributed by atoms with Crippen molar-refractivity contribution in [2.45, 2.75) is 50.4 Å². The van der Waals surface area contributed by atoms with Gasteiger partial charge in [0, 0.05) is 10.9 Å². The molecule has 1 aliphatic rings. The van der Waals surface area contributed by atoms with Crippen LogP contribution in [0.3, 0.4) is 0 Å². The molecule has 0 aromatic rings. The van der Waals surface area contributed by atoms with Crippen molar-refractivity contribution in [3.63, 3.8) is 0 Å². The summed E-state index contributed by atoms with van der Waals surface area (Å²) < 4.78 is 5.57. The smallest absolute Gasteiger partial charge is 0.169 e. The van der Waals surface area contributed by atoms with Crippen LogP contribution in [0.25, 0.3) is 0 Å². The lowest BCUT2D eigenvalue weighted by atomic mass is 9.98. The van der Waals surface area contributed by atoms with Crippen molar-refractivity contribution in [2.24, 2.45) is 5.41 Å². The van der Waals surface area contributed by atoms with Crippen LogP contribution in [-0.4, -0.2) is 86.5 Å². The standard InChI is InChI=1S/C14H29O6S/c1-14(2,3)8-20-11(4-15)9(17)6-21-7-10(18)13(19)12(21)5-16/h9-13,15-19H,4-8H2,1-3H3/q+1/t9-,10-,11+,12-,13+,21?/m1/s1. The molecular formula is C14H29O6S+. The Balaban J connectivity index is 2.55. The maximum Gasteiger partial charge on any atom is 0.169 e. The van der Waals surface area contributed by atoms with Crippen molar-refractivity contribution in [3.05, 3.63) is 0 Å². The van der Waals surface area contributed by atoms with E-state index in [1.807, 2.05) is 20.8 Å². The molecule has 1 aliphatic heterocycles. The molecule has 0 amide bonds. The molecule has 6 nitrogen and oxygen atoms in total. The summed E-state index contributed by atoms with van der Waals surface area (Å²) in [7, 11) is -0.493. The van der Waals surface area contributed by atoms with Gasteiger partial charge < -0.3 is 30.3 Å². The zero-order valence-electron chi connectivity index (χ0n) is 13.0. The van der Waals surface area contributed by atoms with Crippen LogP contribution in [0, 0.1) is 5.41 Å². The molecule has 21 heavy (non-hydrogen) atoms. The van der Waals surface area contributed by atoms with E-state index in [1.54, 1.807) is 0 Å². The fraction of sp³-hybridized carbons (Fsp3) is 1.00. The summed E-state index contributed by atoms with van der Waals surface area (Å²) in [5.74, 6) is 0.662. The normalized spacial score (nSPS) is 33.1. The van der Waals surface area contributed by atoms with Gasteiger partial charge in [-0.05, 0) is 5.41 Å². The zero-order chi connectivity index (χ0) is 16.2. The molecule has 1 saturated heterocycles. The second kappa shape index (κ2) is 8.10. The van der Waals surface area contributed by atoms with Gasteiger partial charge in [0.1, 0.15) is 35.9 Å². The van der Waals surface area contributed by atoms with E-state index in [0.717, 1.165) is 0 Å². The summed E-state index contributed by atoms with van der Waals surface area (Å²) >= 11 is 0. The Morgan fingerprint density at radius 2 is 1.86 bits per heavy atom. The van der Waals surface area contributed by atoms with Gasteiger partial charge in [0.05, 0.1) is 19.8 Å². The maximum absolute atomic E-state index is 10.2. The molecule has 1 rings (SSSR count). The fourth-order valence-corrected chi connectivity index (χ4v) is 4.97. The van der Waals surface area contributed by atoms with Gasteiger partial charge in [0.15, 0.2) is 5.25 Å². The SMILES string of the molecule is CC(C)(C)CO[C@@H](CO)[C@H](O)C[S+]1C[C@@H](O)[C@H](O)[C@H]1CO. The molecule has 5 N–H and O–H groups in total. The monoisotopic (exact) mass is 325 g/mol. The summed E-state index contributed by atoms with van der Waals surface area (Å²) in [6.07, 6.45) is -3.38. The van der Waals surface area contributed by atoms with E-state index < -0.39 is 40.6 Å². The summed E-state index contributed by atoms with van der Waals surface area (Å²) in [6.45, 7) is 5.91. The largest absolute Gasteiger partial charge is 0.394 e. The molecule has 0 radical (unpaired) electrons. The minimum absolute atomic E-state index is 0.0667. The van der Waals surface area contributed by atoms with E-state index in [1.165, 1.54) is 0 Å². The molecule has 0 spiro atoms. The lowest BCUT2D eigenvalue weighted by molar-refractivity contribution is -0.0749. The molecule has 1 fully saturated rings. The first-order chi connectivity index (χ1) is 9.69. The zero-order valence-corrected chi connectivity index (χ0v) is 13.8. The lowest BCUT2D eigenvalue weighted by Crippen LogP contribution is -2.42. The molecule has 0 saturated carbocycles. The molecule has 0 aromatic heterocycles. The van der Waals surface area contributed by atoms with Crippen LogP contribution < -0.4 is 0 Å². The fourth-order valence-electron chi connectivity index (χ4n) is 2.26. The number of aliphatic hydroxyl groups excluding tert-OH is 5. The topological polar surface area (TPSA) is 110 Å². The molecule has 126 valence electrons.